The van der Waals surface area contributed by atoms with Gasteiger partial charge in [0.1, 0.15) is 11.2 Å². The first-order valence-electron chi connectivity index (χ1n) is 17.5. The summed E-state index contributed by atoms with van der Waals surface area (Å²) in [6, 6.07) is 59.1. The number of para-hydroxylation sites is 2. The molecule has 52 heavy (non-hydrogen) atoms. The van der Waals surface area contributed by atoms with Crippen LogP contribution < -0.4 is 4.90 Å². The van der Waals surface area contributed by atoms with Crippen LogP contribution in [0.5, 0.6) is 0 Å². The van der Waals surface area contributed by atoms with Gasteiger partial charge in [0.25, 0.3) is 0 Å². The third-order valence-electron chi connectivity index (χ3n) is 10.2. The molecule has 0 spiro atoms. The summed E-state index contributed by atoms with van der Waals surface area (Å²) >= 11 is 0. The van der Waals surface area contributed by atoms with Crippen LogP contribution in [0.2, 0.25) is 0 Å². The van der Waals surface area contributed by atoms with Crippen LogP contribution in [0, 0.1) is 0 Å². The van der Waals surface area contributed by atoms with E-state index in [0.29, 0.717) is 17.5 Å². The highest BCUT2D eigenvalue weighted by Gasteiger charge is 2.29. The quantitative estimate of drug-likeness (QED) is 0.187. The van der Waals surface area contributed by atoms with Crippen molar-refractivity contribution < 1.29 is 4.42 Å². The van der Waals surface area contributed by atoms with Gasteiger partial charge in [-0.05, 0) is 58.1 Å². The van der Waals surface area contributed by atoms with Crippen molar-refractivity contribution >= 4 is 60.5 Å². The summed E-state index contributed by atoms with van der Waals surface area (Å²) < 4.78 is 6.28. The van der Waals surface area contributed by atoms with Crippen molar-refractivity contribution in [2.75, 3.05) is 4.90 Å². The fourth-order valence-corrected chi connectivity index (χ4v) is 7.99. The second kappa shape index (κ2) is 11.2. The zero-order valence-electron chi connectivity index (χ0n) is 27.9. The molecule has 0 saturated carbocycles. The summed E-state index contributed by atoms with van der Waals surface area (Å²) in [7, 11) is 0. The third kappa shape index (κ3) is 4.26. The Kier molecular flexibility index (Phi) is 6.18. The number of aromatic nitrogens is 3. The SMILES string of the molecule is c1ccc(-c2nc(-c3ccccc3N3c4ccc5ccccc5c4-c4cccc5cccc3c45)nc(-c3cccc4oc5ccccc5c34)n2)cc1. The first kappa shape index (κ1) is 28.7. The average molecular weight is 665 g/mol. The maximum Gasteiger partial charge on any atom is 0.166 e. The Morgan fingerprint density at radius 2 is 0.981 bits per heavy atom. The molecule has 11 rings (SSSR count). The molecule has 5 heteroatoms. The van der Waals surface area contributed by atoms with Gasteiger partial charge in [0.2, 0.25) is 0 Å². The molecule has 2 aromatic heterocycles. The van der Waals surface area contributed by atoms with E-state index in [0.717, 1.165) is 55.7 Å². The Bertz CT molecular complexity index is 3030. The zero-order valence-corrected chi connectivity index (χ0v) is 27.9. The molecule has 1 aliphatic heterocycles. The molecule has 0 N–H and O–H groups in total. The average Bonchev–Trinajstić information content (AvgIpc) is 3.60. The van der Waals surface area contributed by atoms with Crippen molar-refractivity contribution in [2.45, 2.75) is 0 Å². The van der Waals surface area contributed by atoms with Crippen LogP contribution in [-0.2, 0) is 0 Å². The fourth-order valence-electron chi connectivity index (χ4n) is 7.99. The zero-order chi connectivity index (χ0) is 34.2. The molecule has 0 atom stereocenters. The van der Waals surface area contributed by atoms with Gasteiger partial charge in [-0.25, -0.2) is 15.0 Å². The van der Waals surface area contributed by atoms with Crippen LogP contribution in [0.1, 0.15) is 0 Å². The van der Waals surface area contributed by atoms with Crippen LogP contribution in [-0.4, -0.2) is 15.0 Å². The largest absolute Gasteiger partial charge is 0.456 e. The third-order valence-corrected chi connectivity index (χ3v) is 10.2. The molecule has 0 fully saturated rings. The van der Waals surface area contributed by atoms with Crippen molar-refractivity contribution in [1.82, 2.24) is 15.0 Å². The van der Waals surface area contributed by atoms with Crippen LogP contribution in [0.4, 0.5) is 17.1 Å². The van der Waals surface area contributed by atoms with Crippen molar-refractivity contribution in [3.8, 4) is 45.3 Å². The summed E-state index contributed by atoms with van der Waals surface area (Å²) in [5.74, 6) is 1.80. The number of furan rings is 1. The van der Waals surface area contributed by atoms with Crippen molar-refractivity contribution in [1.29, 1.82) is 0 Å². The van der Waals surface area contributed by atoms with Crippen LogP contribution in [0.25, 0.3) is 88.8 Å². The normalized spacial score (nSPS) is 12.2. The van der Waals surface area contributed by atoms with Gasteiger partial charge >= 0.3 is 0 Å². The van der Waals surface area contributed by atoms with E-state index in [1.54, 1.807) is 0 Å². The molecule has 0 aliphatic carbocycles. The van der Waals surface area contributed by atoms with Crippen LogP contribution in [0.15, 0.2) is 174 Å². The fraction of sp³-hybridized carbons (Fsp3) is 0. The lowest BCUT2D eigenvalue weighted by molar-refractivity contribution is 0.669. The first-order chi connectivity index (χ1) is 25.8. The number of hydrogen-bond donors (Lipinski definition) is 0. The highest BCUT2D eigenvalue weighted by atomic mass is 16.3. The van der Waals surface area contributed by atoms with Gasteiger partial charge in [0, 0.05) is 38.4 Å². The van der Waals surface area contributed by atoms with E-state index < -0.39 is 0 Å². The van der Waals surface area contributed by atoms with E-state index in [-0.39, 0.29) is 0 Å². The summed E-state index contributed by atoms with van der Waals surface area (Å²) in [6.45, 7) is 0. The highest BCUT2D eigenvalue weighted by Crippen LogP contribution is 2.54. The number of benzene rings is 8. The second-order valence-corrected chi connectivity index (χ2v) is 13.2. The molecule has 8 aromatic carbocycles. The molecule has 0 radical (unpaired) electrons. The lowest BCUT2D eigenvalue weighted by atomic mass is 9.87. The molecule has 5 nitrogen and oxygen atoms in total. The first-order valence-corrected chi connectivity index (χ1v) is 17.5. The lowest BCUT2D eigenvalue weighted by Crippen LogP contribution is -2.16. The highest BCUT2D eigenvalue weighted by molar-refractivity contribution is 6.20. The molecule has 0 saturated heterocycles. The van der Waals surface area contributed by atoms with Gasteiger partial charge in [-0.2, -0.15) is 0 Å². The minimum absolute atomic E-state index is 0.591. The molecule has 242 valence electrons. The van der Waals surface area contributed by atoms with Gasteiger partial charge in [-0.15, -0.1) is 0 Å². The van der Waals surface area contributed by atoms with E-state index in [1.807, 2.05) is 60.7 Å². The smallest absolute Gasteiger partial charge is 0.166 e. The number of fused-ring (bicyclic) bond motifs is 7. The number of nitrogens with zero attached hydrogens (tertiary/aromatic N) is 4. The van der Waals surface area contributed by atoms with E-state index in [1.165, 1.54) is 32.7 Å². The van der Waals surface area contributed by atoms with Gasteiger partial charge in [-0.1, -0.05) is 133 Å². The minimum Gasteiger partial charge on any atom is -0.456 e. The lowest BCUT2D eigenvalue weighted by Gasteiger charge is -2.35. The minimum atomic E-state index is 0.591. The van der Waals surface area contributed by atoms with E-state index in [2.05, 4.69) is 114 Å². The summed E-state index contributed by atoms with van der Waals surface area (Å²) in [4.78, 5) is 18.0. The van der Waals surface area contributed by atoms with Crippen molar-refractivity contribution in [2.24, 2.45) is 0 Å². The number of hydrogen-bond acceptors (Lipinski definition) is 5. The Morgan fingerprint density at radius 1 is 0.365 bits per heavy atom. The maximum absolute atomic E-state index is 6.28. The van der Waals surface area contributed by atoms with Gasteiger partial charge in [-0.3, -0.25) is 0 Å². The topological polar surface area (TPSA) is 55.1 Å². The summed E-state index contributed by atoms with van der Waals surface area (Å²) in [5.41, 5.74) is 10.0. The predicted molar refractivity (Wildman–Crippen MR) is 212 cm³/mol. The van der Waals surface area contributed by atoms with Gasteiger partial charge < -0.3 is 9.32 Å². The van der Waals surface area contributed by atoms with Crippen molar-refractivity contribution in [3.63, 3.8) is 0 Å². The van der Waals surface area contributed by atoms with Crippen LogP contribution in [0.3, 0.4) is 0 Å². The molecule has 0 amide bonds. The molecule has 0 bridgehead atoms. The van der Waals surface area contributed by atoms with E-state index in [4.69, 9.17) is 19.4 Å². The van der Waals surface area contributed by atoms with Crippen molar-refractivity contribution in [3.05, 3.63) is 170 Å². The Labute approximate surface area is 299 Å². The molecular weight excluding hydrogens is 637 g/mol. The molecule has 10 aromatic rings. The Morgan fingerprint density at radius 3 is 1.88 bits per heavy atom. The Hall–Kier alpha value is -7.11. The standard InChI is InChI=1S/C47H28N4O/c1-2-14-31(15-3-1)45-48-46(50-47(49-45)36-22-12-26-41-44(36)34-20-7-9-25-40(34)52-41)33-19-6-8-23-37(33)51-38-24-11-17-30-16-10-21-35(42(30)38)43-32-18-5-4-13-29(32)27-28-39(43)51/h1-28H. The van der Waals surface area contributed by atoms with E-state index in [9.17, 15) is 0 Å². The summed E-state index contributed by atoms with van der Waals surface area (Å²) in [6.07, 6.45) is 0. The maximum atomic E-state index is 6.28. The van der Waals surface area contributed by atoms with E-state index >= 15 is 0 Å². The number of rotatable bonds is 4. The van der Waals surface area contributed by atoms with Gasteiger partial charge in [0.05, 0.1) is 17.1 Å². The van der Waals surface area contributed by atoms with Gasteiger partial charge in [0.15, 0.2) is 17.5 Å². The Balaban J connectivity index is 1.20. The monoisotopic (exact) mass is 664 g/mol. The number of anilines is 3. The molecule has 3 heterocycles. The van der Waals surface area contributed by atoms with Crippen LogP contribution >= 0.6 is 0 Å². The molecule has 0 unspecified atom stereocenters. The summed E-state index contributed by atoms with van der Waals surface area (Å²) in [5, 5.41) is 6.87. The molecular formula is C47H28N4O. The molecule has 1 aliphatic rings. The predicted octanol–water partition coefficient (Wildman–Crippen LogP) is 12.5. The second-order valence-electron chi connectivity index (χ2n) is 13.2.